The largest absolute Gasteiger partial charge is 0.497 e. The van der Waals surface area contributed by atoms with Crippen LogP contribution in [0.15, 0.2) is 41.3 Å². The lowest BCUT2D eigenvalue weighted by Crippen LogP contribution is -2.14. The van der Waals surface area contributed by atoms with Gasteiger partial charge >= 0.3 is 0 Å². The fourth-order valence-corrected chi connectivity index (χ4v) is 3.11. The SMILES string of the molecule is COc1ccc(S(=O)(=O)Nc2ccc(C)c(Cl)c2)c(N)c1. The van der Waals surface area contributed by atoms with Gasteiger partial charge in [-0.25, -0.2) is 8.42 Å². The zero-order valence-corrected chi connectivity index (χ0v) is 13.1. The number of aryl methyl sites for hydroxylation is 1. The van der Waals surface area contributed by atoms with E-state index in [1.54, 1.807) is 18.2 Å². The van der Waals surface area contributed by atoms with E-state index in [4.69, 9.17) is 22.1 Å². The average Bonchev–Trinajstić information content (AvgIpc) is 2.42. The van der Waals surface area contributed by atoms with E-state index in [9.17, 15) is 8.42 Å². The minimum Gasteiger partial charge on any atom is -0.497 e. The number of nitrogen functional groups attached to an aromatic ring is 1. The van der Waals surface area contributed by atoms with Gasteiger partial charge in [0, 0.05) is 11.1 Å². The highest BCUT2D eigenvalue weighted by molar-refractivity contribution is 7.92. The molecular weight excluding hydrogens is 312 g/mol. The standard InChI is InChI=1S/C14H15ClN2O3S/c1-9-3-4-10(7-12(9)15)17-21(18,19)14-6-5-11(20-2)8-13(14)16/h3-8,17H,16H2,1-2H3. The summed E-state index contributed by atoms with van der Waals surface area (Å²) in [7, 11) is -2.31. The summed E-state index contributed by atoms with van der Waals surface area (Å²) in [5.74, 6) is 0.491. The molecule has 0 aliphatic carbocycles. The molecule has 0 aromatic heterocycles. The Balaban J connectivity index is 2.36. The first-order valence-electron chi connectivity index (χ1n) is 6.06. The normalized spacial score (nSPS) is 11.2. The number of nitrogens with one attached hydrogen (secondary N) is 1. The maximum atomic E-state index is 12.3. The number of anilines is 2. The predicted octanol–water partition coefficient (Wildman–Crippen LogP) is 3.04. The Labute approximate surface area is 128 Å². The number of rotatable bonds is 4. The number of nitrogens with two attached hydrogens (primary N) is 1. The van der Waals surface area contributed by atoms with E-state index in [2.05, 4.69) is 4.72 Å². The molecule has 0 unspecified atom stereocenters. The highest BCUT2D eigenvalue weighted by Crippen LogP contribution is 2.27. The molecule has 0 aliphatic heterocycles. The van der Waals surface area contributed by atoms with Crippen LogP contribution < -0.4 is 15.2 Å². The third-order valence-electron chi connectivity index (χ3n) is 2.93. The van der Waals surface area contributed by atoms with Crippen molar-refractivity contribution in [3.05, 3.63) is 47.0 Å². The van der Waals surface area contributed by atoms with E-state index in [-0.39, 0.29) is 10.6 Å². The monoisotopic (exact) mass is 326 g/mol. The lowest BCUT2D eigenvalue weighted by Gasteiger charge is -2.12. The molecule has 0 atom stereocenters. The summed E-state index contributed by atoms with van der Waals surface area (Å²) < 4.78 is 32.1. The molecule has 112 valence electrons. The number of methoxy groups -OCH3 is 1. The Hall–Kier alpha value is -1.92. The van der Waals surface area contributed by atoms with Crippen LogP contribution in [0.3, 0.4) is 0 Å². The van der Waals surface area contributed by atoms with Crippen molar-refractivity contribution in [2.24, 2.45) is 0 Å². The van der Waals surface area contributed by atoms with Crippen LogP contribution in [-0.2, 0) is 10.0 Å². The van der Waals surface area contributed by atoms with Crippen molar-refractivity contribution in [1.29, 1.82) is 0 Å². The van der Waals surface area contributed by atoms with E-state index >= 15 is 0 Å². The third kappa shape index (κ3) is 3.40. The van der Waals surface area contributed by atoms with E-state index in [1.165, 1.54) is 25.3 Å². The number of halogens is 1. The fourth-order valence-electron chi connectivity index (χ4n) is 1.76. The molecule has 0 spiro atoms. The van der Waals surface area contributed by atoms with Crippen molar-refractivity contribution in [2.45, 2.75) is 11.8 Å². The van der Waals surface area contributed by atoms with E-state index < -0.39 is 10.0 Å². The molecule has 21 heavy (non-hydrogen) atoms. The van der Waals surface area contributed by atoms with Gasteiger partial charge in [-0.3, -0.25) is 4.72 Å². The maximum absolute atomic E-state index is 12.3. The Bertz CT molecular complexity index is 776. The first-order chi connectivity index (χ1) is 9.83. The van der Waals surface area contributed by atoms with Gasteiger partial charge in [-0.15, -0.1) is 0 Å². The van der Waals surface area contributed by atoms with E-state index in [1.807, 2.05) is 6.92 Å². The number of hydrogen-bond acceptors (Lipinski definition) is 4. The first kappa shape index (κ1) is 15.5. The number of hydrogen-bond donors (Lipinski definition) is 2. The third-order valence-corrected chi connectivity index (χ3v) is 4.79. The summed E-state index contributed by atoms with van der Waals surface area (Å²) in [6.07, 6.45) is 0. The molecule has 2 aromatic rings. The summed E-state index contributed by atoms with van der Waals surface area (Å²) in [6, 6.07) is 9.31. The van der Waals surface area contributed by atoms with Gasteiger partial charge < -0.3 is 10.5 Å². The number of benzene rings is 2. The highest BCUT2D eigenvalue weighted by atomic mass is 35.5. The summed E-state index contributed by atoms with van der Waals surface area (Å²) in [5.41, 5.74) is 7.12. The molecular formula is C14H15ClN2O3S. The summed E-state index contributed by atoms with van der Waals surface area (Å²) >= 11 is 5.98. The Morgan fingerprint density at radius 1 is 1.19 bits per heavy atom. The zero-order chi connectivity index (χ0) is 15.6. The molecule has 0 aliphatic rings. The van der Waals surface area contributed by atoms with Crippen molar-refractivity contribution >= 4 is 33.0 Å². The summed E-state index contributed by atoms with van der Waals surface area (Å²) in [4.78, 5) is -0.0139. The molecule has 7 heteroatoms. The van der Waals surface area contributed by atoms with Gasteiger partial charge in [0.25, 0.3) is 10.0 Å². The Morgan fingerprint density at radius 3 is 2.48 bits per heavy atom. The Kier molecular flexibility index (Phi) is 4.29. The molecule has 0 bridgehead atoms. The highest BCUT2D eigenvalue weighted by Gasteiger charge is 2.18. The van der Waals surface area contributed by atoms with Crippen LogP contribution in [0.1, 0.15) is 5.56 Å². The molecule has 0 fully saturated rings. The van der Waals surface area contributed by atoms with Crippen LogP contribution >= 0.6 is 11.6 Å². The molecule has 3 N–H and O–H groups in total. The molecule has 0 heterocycles. The minimum absolute atomic E-state index is 0.0139. The molecule has 5 nitrogen and oxygen atoms in total. The second-order valence-corrected chi connectivity index (χ2v) is 6.53. The van der Waals surface area contributed by atoms with Gasteiger partial charge in [0.2, 0.25) is 0 Å². The molecule has 2 rings (SSSR count). The van der Waals surface area contributed by atoms with Gasteiger partial charge in [-0.05, 0) is 36.8 Å². The average molecular weight is 327 g/mol. The number of ether oxygens (including phenoxy) is 1. The van der Waals surface area contributed by atoms with Gasteiger partial charge in [0.1, 0.15) is 10.6 Å². The fraction of sp³-hybridized carbons (Fsp3) is 0.143. The smallest absolute Gasteiger partial charge is 0.263 e. The van der Waals surface area contributed by atoms with Gasteiger partial charge in [-0.2, -0.15) is 0 Å². The summed E-state index contributed by atoms with van der Waals surface area (Å²) in [5, 5.41) is 0.484. The maximum Gasteiger partial charge on any atom is 0.263 e. The van der Waals surface area contributed by atoms with Crippen LogP contribution in [0.25, 0.3) is 0 Å². The van der Waals surface area contributed by atoms with Crippen molar-refractivity contribution < 1.29 is 13.2 Å². The van der Waals surface area contributed by atoms with Gasteiger partial charge in [0.15, 0.2) is 0 Å². The molecule has 0 radical (unpaired) electrons. The van der Waals surface area contributed by atoms with Gasteiger partial charge in [-0.1, -0.05) is 17.7 Å². The van der Waals surface area contributed by atoms with Crippen molar-refractivity contribution in [3.8, 4) is 5.75 Å². The zero-order valence-electron chi connectivity index (χ0n) is 11.6. The van der Waals surface area contributed by atoms with Gasteiger partial charge in [0.05, 0.1) is 18.5 Å². The van der Waals surface area contributed by atoms with E-state index in [0.717, 1.165) is 5.56 Å². The summed E-state index contributed by atoms with van der Waals surface area (Å²) in [6.45, 7) is 1.84. The molecule has 0 saturated heterocycles. The quantitative estimate of drug-likeness (QED) is 0.846. The molecule has 0 saturated carbocycles. The van der Waals surface area contributed by atoms with Crippen LogP contribution in [0.5, 0.6) is 5.75 Å². The predicted molar refractivity (Wildman–Crippen MR) is 84.4 cm³/mol. The minimum atomic E-state index is -3.79. The van der Waals surface area contributed by atoms with Crippen molar-refractivity contribution in [2.75, 3.05) is 17.6 Å². The first-order valence-corrected chi connectivity index (χ1v) is 7.92. The second kappa shape index (κ2) is 5.83. The van der Waals surface area contributed by atoms with Crippen molar-refractivity contribution in [1.82, 2.24) is 0 Å². The Morgan fingerprint density at radius 2 is 1.90 bits per heavy atom. The molecule has 2 aromatic carbocycles. The van der Waals surface area contributed by atoms with Crippen LogP contribution in [0.4, 0.5) is 11.4 Å². The second-order valence-electron chi connectivity index (χ2n) is 4.47. The lowest BCUT2D eigenvalue weighted by atomic mass is 10.2. The lowest BCUT2D eigenvalue weighted by molar-refractivity contribution is 0.414. The number of sulfonamides is 1. The van der Waals surface area contributed by atoms with E-state index in [0.29, 0.717) is 16.5 Å². The van der Waals surface area contributed by atoms with Crippen LogP contribution in [-0.4, -0.2) is 15.5 Å². The topological polar surface area (TPSA) is 81.4 Å². The molecule has 0 amide bonds. The van der Waals surface area contributed by atoms with Crippen LogP contribution in [0, 0.1) is 6.92 Å². The van der Waals surface area contributed by atoms with Crippen molar-refractivity contribution in [3.63, 3.8) is 0 Å². The van der Waals surface area contributed by atoms with Crippen LogP contribution in [0.2, 0.25) is 5.02 Å².